The molecule has 0 aliphatic carbocycles. The van der Waals surface area contributed by atoms with E-state index in [4.69, 9.17) is 0 Å². The number of aromatic nitrogens is 1. The number of allylic oxidation sites excluding steroid dienone is 1. The highest BCUT2D eigenvalue weighted by atomic mass is 16.3. The van der Waals surface area contributed by atoms with Crippen molar-refractivity contribution in [2.24, 2.45) is 0 Å². The lowest BCUT2D eigenvalue weighted by molar-refractivity contribution is 0.452. The van der Waals surface area contributed by atoms with E-state index in [1.807, 2.05) is 38.1 Å². The van der Waals surface area contributed by atoms with Gasteiger partial charge in [-0.05, 0) is 13.0 Å². The highest BCUT2D eigenvalue weighted by Crippen LogP contribution is 2.31. The van der Waals surface area contributed by atoms with E-state index in [-0.39, 0.29) is 17.2 Å². The van der Waals surface area contributed by atoms with Crippen LogP contribution in [0.1, 0.15) is 25.3 Å². The quantitative estimate of drug-likeness (QED) is 0.842. The van der Waals surface area contributed by atoms with Crippen molar-refractivity contribution in [2.75, 3.05) is 0 Å². The molecule has 3 nitrogen and oxygen atoms in total. The van der Waals surface area contributed by atoms with Crippen LogP contribution in [0.2, 0.25) is 0 Å². The molecular formula is C15H17NO2. The minimum absolute atomic E-state index is 0.0610. The number of aryl methyl sites for hydroxylation is 1. The summed E-state index contributed by atoms with van der Waals surface area (Å²) in [5.74, 6) is -0.225. The van der Waals surface area contributed by atoms with E-state index < -0.39 is 0 Å². The molecule has 1 aromatic carbocycles. The number of para-hydroxylation sites is 1. The van der Waals surface area contributed by atoms with Crippen LogP contribution in [-0.4, -0.2) is 9.67 Å². The maximum Gasteiger partial charge on any atom is 0.293 e. The van der Waals surface area contributed by atoms with Gasteiger partial charge in [0, 0.05) is 23.4 Å². The van der Waals surface area contributed by atoms with Crippen molar-refractivity contribution in [3.8, 4) is 5.75 Å². The number of rotatable bonds is 3. The van der Waals surface area contributed by atoms with E-state index >= 15 is 0 Å². The average molecular weight is 243 g/mol. The lowest BCUT2D eigenvalue weighted by Crippen LogP contribution is -2.21. The first-order valence-corrected chi connectivity index (χ1v) is 6.08. The molecule has 3 heteroatoms. The number of aromatic hydroxyl groups is 1. The van der Waals surface area contributed by atoms with Gasteiger partial charge in [-0.1, -0.05) is 31.2 Å². The Morgan fingerprint density at radius 2 is 2.11 bits per heavy atom. The topological polar surface area (TPSA) is 42.2 Å². The minimum atomic E-state index is -0.333. The van der Waals surface area contributed by atoms with Gasteiger partial charge in [0.25, 0.3) is 5.56 Å². The fourth-order valence-corrected chi connectivity index (χ4v) is 2.31. The Morgan fingerprint density at radius 3 is 2.72 bits per heavy atom. The minimum Gasteiger partial charge on any atom is -0.503 e. The molecule has 0 saturated heterocycles. The van der Waals surface area contributed by atoms with E-state index in [9.17, 15) is 9.90 Å². The van der Waals surface area contributed by atoms with Gasteiger partial charge in [-0.2, -0.15) is 0 Å². The van der Waals surface area contributed by atoms with Gasteiger partial charge in [0.2, 0.25) is 0 Å². The van der Waals surface area contributed by atoms with E-state index in [1.165, 1.54) is 0 Å². The van der Waals surface area contributed by atoms with Gasteiger partial charge in [-0.3, -0.25) is 4.79 Å². The summed E-state index contributed by atoms with van der Waals surface area (Å²) in [7, 11) is 0. The van der Waals surface area contributed by atoms with Crippen molar-refractivity contribution in [1.29, 1.82) is 0 Å². The van der Waals surface area contributed by atoms with Gasteiger partial charge in [-0.25, -0.2) is 0 Å². The zero-order chi connectivity index (χ0) is 13.3. The summed E-state index contributed by atoms with van der Waals surface area (Å²) < 4.78 is 1.59. The Labute approximate surface area is 106 Å². The molecule has 94 valence electrons. The monoisotopic (exact) mass is 243 g/mol. The molecule has 1 unspecified atom stereocenters. The lowest BCUT2D eigenvalue weighted by Gasteiger charge is -2.16. The van der Waals surface area contributed by atoms with Crippen LogP contribution in [0.25, 0.3) is 10.9 Å². The van der Waals surface area contributed by atoms with Crippen LogP contribution in [0.5, 0.6) is 5.75 Å². The zero-order valence-corrected chi connectivity index (χ0v) is 10.7. The molecule has 1 atom stereocenters. The summed E-state index contributed by atoms with van der Waals surface area (Å²) >= 11 is 0. The zero-order valence-electron chi connectivity index (χ0n) is 10.7. The largest absolute Gasteiger partial charge is 0.503 e. The van der Waals surface area contributed by atoms with E-state index in [1.54, 1.807) is 10.6 Å². The van der Waals surface area contributed by atoms with Gasteiger partial charge in [0.1, 0.15) is 0 Å². The van der Waals surface area contributed by atoms with Gasteiger partial charge < -0.3 is 9.67 Å². The molecule has 0 amide bonds. The Balaban J connectivity index is 2.99. The average Bonchev–Trinajstić information content (AvgIpc) is 2.40. The summed E-state index contributed by atoms with van der Waals surface area (Å²) in [6.45, 7) is 8.09. The predicted molar refractivity (Wildman–Crippen MR) is 74.2 cm³/mol. The molecule has 0 aliphatic heterocycles. The van der Waals surface area contributed by atoms with Gasteiger partial charge in [0.05, 0.1) is 5.52 Å². The SMILES string of the molecule is C=CC(C)c1c(O)c(=O)n(CC)c2ccccc12. The molecule has 18 heavy (non-hydrogen) atoms. The molecule has 1 N–H and O–H groups in total. The van der Waals surface area contributed by atoms with Crippen LogP contribution in [0.3, 0.4) is 0 Å². The van der Waals surface area contributed by atoms with Crippen molar-refractivity contribution < 1.29 is 5.11 Å². The van der Waals surface area contributed by atoms with E-state index in [0.717, 1.165) is 10.9 Å². The Hall–Kier alpha value is -2.03. The first-order valence-electron chi connectivity index (χ1n) is 6.08. The normalized spacial score (nSPS) is 12.6. The third-order valence-corrected chi connectivity index (χ3v) is 3.31. The molecule has 0 fully saturated rings. The molecule has 0 spiro atoms. The van der Waals surface area contributed by atoms with Crippen molar-refractivity contribution >= 4 is 10.9 Å². The predicted octanol–water partition coefficient (Wildman–Crippen LogP) is 3.02. The molecule has 1 aromatic heterocycles. The van der Waals surface area contributed by atoms with Crippen LogP contribution in [0, 0.1) is 0 Å². The number of nitrogens with zero attached hydrogens (tertiary/aromatic N) is 1. The van der Waals surface area contributed by atoms with Crippen molar-refractivity contribution in [2.45, 2.75) is 26.3 Å². The Bertz CT molecular complexity index is 655. The van der Waals surface area contributed by atoms with E-state index in [2.05, 4.69) is 6.58 Å². The first kappa shape index (κ1) is 12.4. The molecule has 2 rings (SSSR count). The van der Waals surface area contributed by atoms with Crippen LogP contribution >= 0.6 is 0 Å². The van der Waals surface area contributed by atoms with E-state index in [0.29, 0.717) is 12.1 Å². The van der Waals surface area contributed by atoms with Gasteiger partial charge in [-0.15, -0.1) is 6.58 Å². The van der Waals surface area contributed by atoms with Crippen molar-refractivity contribution in [3.63, 3.8) is 0 Å². The standard InChI is InChI=1S/C15H17NO2/c1-4-10(3)13-11-8-6-7-9-12(11)16(5-2)15(18)14(13)17/h4,6-10,17H,1,5H2,2-3H3. The Kier molecular flexibility index (Phi) is 3.24. The lowest BCUT2D eigenvalue weighted by atomic mass is 9.96. The van der Waals surface area contributed by atoms with Crippen LogP contribution in [0.4, 0.5) is 0 Å². The molecule has 0 aliphatic rings. The highest BCUT2D eigenvalue weighted by molar-refractivity contribution is 5.85. The molecule has 0 radical (unpaired) electrons. The number of pyridine rings is 1. The molecule has 1 heterocycles. The number of hydrogen-bond donors (Lipinski definition) is 1. The van der Waals surface area contributed by atoms with Gasteiger partial charge >= 0.3 is 0 Å². The molecule has 2 aromatic rings. The number of benzene rings is 1. The van der Waals surface area contributed by atoms with Crippen LogP contribution in [0.15, 0.2) is 41.7 Å². The second-order valence-corrected chi connectivity index (χ2v) is 4.35. The summed E-state index contributed by atoms with van der Waals surface area (Å²) in [5.41, 5.74) is 1.18. The van der Waals surface area contributed by atoms with Gasteiger partial charge in [0.15, 0.2) is 5.75 Å². The summed E-state index contributed by atoms with van der Waals surface area (Å²) in [4.78, 5) is 12.1. The number of hydrogen-bond acceptors (Lipinski definition) is 2. The fraction of sp³-hybridized carbons (Fsp3) is 0.267. The number of fused-ring (bicyclic) bond motifs is 1. The summed E-state index contributed by atoms with van der Waals surface area (Å²) in [6, 6.07) is 7.63. The van der Waals surface area contributed by atoms with Crippen molar-refractivity contribution in [3.05, 3.63) is 52.8 Å². The summed E-state index contributed by atoms with van der Waals surface area (Å²) in [5, 5.41) is 11.0. The second-order valence-electron chi connectivity index (χ2n) is 4.35. The smallest absolute Gasteiger partial charge is 0.293 e. The first-order chi connectivity index (χ1) is 8.61. The molecular weight excluding hydrogens is 226 g/mol. The fourth-order valence-electron chi connectivity index (χ4n) is 2.31. The third-order valence-electron chi connectivity index (χ3n) is 3.31. The Morgan fingerprint density at radius 1 is 1.44 bits per heavy atom. The van der Waals surface area contributed by atoms with Crippen LogP contribution < -0.4 is 5.56 Å². The highest BCUT2D eigenvalue weighted by Gasteiger charge is 2.17. The third kappa shape index (κ3) is 1.72. The second kappa shape index (κ2) is 4.69. The summed E-state index contributed by atoms with van der Waals surface area (Å²) in [6.07, 6.45) is 1.73. The maximum absolute atomic E-state index is 12.1. The maximum atomic E-state index is 12.1. The molecule has 0 bridgehead atoms. The van der Waals surface area contributed by atoms with Crippen LogP contribution in [-0.2, 0) is 6.54 Å². The van der Waals surface area contributed by atoms with Crippen molar-refractivity contribution in [1.82, 2.24) is 4.57 Å². The molecule has 0 saturated carbocycles.